The Balaban J connectivity index is 2.20. The van der Waals surface area contributed by atoms with Crippen molar-refractivity contribution in [2.45, 2.75) is 39.2 Å². The average molecular weight is 285 g/mol. The second-order valence-corrected chi connectivity index (χ2v) is 5.75. The van der Waals surface area contributed by atoms with Gasteiger partial charge in [0.1, 0.15) is 5.69 Å². The lowest BCUT2D eigenvalue weighted by atomic mass is 10.0. The molecule has 1 aromatic carbocycles. The highest BCUT2D eigenvalue weighted by Gasteiger charge is 2.27. The number of rotatable bonds is 2. The summed E-state index contributed by atoms with van der Waals surface area (Å²) < 4.78 is 0. The van der Waals surface area contributed by atoms with Gasteiger partial charge in [0.2, 0.25) is 0 Å². The van der Waals surface area contributed by atoms with Gasteiger partial charge in [0.05, 0.1) is 15.8 Å². The molecule has 21 heavy (non-hydrogen) atoms. The minimum absolute atomic E-state index is 0.189. The van der Waals surface area contributed by atoms with Crippen LogP contribution < -0.4 is 4.90 Å². The maximum atomic E-state index is 11.6. The Morgan fingerprint density at radius 1 is 1.29 bits per heavy atom. The zero-order valence-electron chi connectivity index (χ0n) is 12.4. The molecule has 1 aliphatic heterocycles. The molecule has 1 aliphatic rings. The molecule has 1 saturated heterocycles. The molecular formula is C16H19N3O2. The summed E-state index contributed by atoms with van der Waals surface area (Å²) in [5, 5.41) is 12.2. The number of nitro groups is 1. The maximum absolute atomic E-state index is 11.6. The molecular weight excluding hydrogens is 266 g/mol. The minimum atomic E-state index is -0.268. The summed E-state index contributed by atoms with van der Waals surface area (Å²) in [5.74, 6) is 0. The lowest BCUT2D eigenvalue weighted by Crippen LogP contribution is -2.37. The van der Waals surface area contributed by atoms with Gasteiger partial charge in [-0.3, -0.25) is 15.1 Å². The number of aromatic nitrogens is 1. The second kappa shape index (κ2) is 5.31. The van der Waals surface area contributed by atoms with Crippen LogP contribution in [0.5, 0.6) is 0 Å². The zero-order chi connectivity index (χ0) is 15.0. The predicted molar refractivity (Wildman–Crippen MR) is 83.8 cm³/mol. The van der Waals surface area contributed by atoms with Crippen LogP contribution in [0, 0.1) is 17.0 Å². The zero-order valence-corrected chi connectivity index (χ0v) is 12.4. The number of pyridine rings is 1. The van der Waals surface area contributed by atoms with Crippen molar-refractivity contribution < 1.29 is 4.92 Å². The highest BCUT2D eigenvalue weighted by Crippen LogP contribution is 2.38. The topological polar surface area (TPSA) is 59.3 Å². The van der Waals surface area contributed by atoms with Crippen LogP contribution in [0.3, 0.4) is 0 Å². The molecule has 5 heteroatoms. The first-order valence-electron chi connectivity index (χ1n) is 7.39. The van der Waals surface area contributed by atoms with Crippen LogP contribution in [0.25, 0.3) is 10.9 Å². The molecule has 0 aliphatic carbocycles. The third kappa shape index (κ3) is 2.44. The molecule has 2 aromatic rings. The number of aryl methyl sites for hydroxylation is 1. The molecule has 0 amide bonds. The molecule has 0 bridgehead atoms. The molecule has 0 spiro atoms. The Bertz CT molecular complexity index is 699. The van der Waals surface area contributed by atoms with E-state index in [1.165, 1.54) is 6.42 Å². The normalized spacial score (nSPS) is 19.0. The van der Waals surface area contributed by atoms with E-state index in [0.717, 1.165) is 30.8 Å². The van der Waals surface area contributed by atoms with Crippen molar-refractivity contribution in [1.29, 1.82) is 0 Å². The van der Waals surface area contributed by atoms with Crippen LogP contribution in [0.1, 0.15) is 31.9 Å². The van der Waals surface area contributed by atoms with Crippen LogP contribution >= 0.6 is 0 Å². The molecule has 1 aromatic heterocycles. The quantitative estimate of drug-likeness (QED) is 0.621. The van der Waals surface area contributed by atoms with Crippen molar-refractivity contribution in [1.82, 2.24) is 4.98 Å². The van der Waals surface area contributed by atoms with Crippen molar-refractivity contribution in [3.63, 3.8) is 0 Å². The number of hydrogen-bond acceptors (Lipinski definition) is 4. The number of benzene rings is 1. The van der Waals surface area contributed by atoms with Crippen molar-refractivity contribution in [2.75, 3.05) is 11.4 Å². The van der Waals surface area contributed by atoms with Gasteiger partial charge in [0.25, 0.3) is 0 Å². The summed E-state index contributed by atoms with van der Waals surface area (Å²) in [6.07, 6.45) is 3.37. The summed E-state index contributed by atoms with van der Waals surface area (Å²) in [6, 6.07) is 7.74. The first-order chi connectivity index (χ1) is 10.1. The van der Waals surface area contributed by atoms with Gasteiger partial charge in [-0.1, -0.05) is 0 Å². The van der Waals surface area contributed by atoms with Gasteiger partial charge < -0.3 is 4.90 Å². The molecule has 110 valence electrons. The SMILES string of the molecule is Cc1ccc2c([N+](=O)[O-])c(N3CCCCC3C)ccc2n1. The number of nitro benzene ring substituents is 1. The van der Waals surface area contributed by atoms with E-state index in [1.54, 1.807) is 0 Å². The number of nitrogens with zero attached hydrogens (tertiary/aromatic N) is 3. The fourth-order valence-corrected chi connectivity index (χ4v) is 3.16. The van der Waals surface area contributed by atoms with Crippen LogP contribution in [-0.2, 0) is 0 Å². The van der Waals surface area contributed by atoms with Crippen molar-refractivity contribution >= 4 is 22.3 Å². The monoisotopic (exact) mass is 285 g/mol. The van der Waals surface area contributed by atoms with E-state index in [4.69, 9.17) is 0 Å². The van der Waals surface area contributed by atoms with E-state index in [2.05, 4.69) is 16.8 Å². The van der Waals surface area contributed by atoms with Crippen LogP contribution in [0.4, 0.5) is 11.4 Å². The molecule has 1 atom stereocenters. The second-order valence-electron chi connectivity index (χ2n) is 5.75. The van der Waals surface area contributed by atoms with Gasteiger partial charge in [-0.2, -0.15) is 0 Å². The predicted octanol–water partition coefficient (Wildman–Crippen LogP) is 3.83. The molecule has 0 saturated carbocycles. The van der Waals surface area contributed by atoms with Gasteiger partial charge in [-0.05, 0) is 57.4 Å². The molecule has 0 N–H and O–H groups in total. The molecule has 1 fully saturated rings. The average Bonchev–Trinajstić information content (AvgIpc) is 2.46. The van der Waals surface area contributed by atoms with Gasteiger partial charge in [0, 0.05) is 18.3 Å². The van der Waals surface area contributed by atoms with Crippen LogP contribution in [0.2, 0.25) is 0 Å². The number of hydrogen-bond donors (Lipinski definition) is 0. The van der Waals surface area contributed by atoms with E-state index in [0.29, 0.717) is 16.9 Å². The van der Waals surface area contributed by atoms with Crippen LogP contribution in [-0.4, -0.2) is 22.5 Å². The van der Waals surface area contributed by atoms with E-state index < -0.39 is 0 Å². The van der Waals surface area contributed by atoms with Crippen molar-refractivity contribution in [3.05, 3.63) is 40.1 Å². The summed E-state index contributed by atoms with van der Waals surface area (Å²) >= 11 is 0. The van der Waals surface area contributed by atoms with E-state index >= 15 is 0 Å². The third-order valence-corrected chi connectivity index (χ3v) is 4.26. The van der Waals surface area contributed by atoms with Crippen LogP contribution in [0.15, 0.2) is 24.3 Å². The number of anilines is 1. The molecule has 5 nitrogen and oxygen atoms in total. The smallest absolute Gasteiger partial charge is 0.301 e. The summed E-state index contributed by atoms with van der Waals surface area (Å²) in [7, 11) is 0. The Hall–Kier alpha value is -2.17. The first-order valence-corrected chi connectivity index (χ1v) is 7.39. The summed E-state index contributed by atoms with van der Waals surface area (Å²) in [6.45, 7) is 4.92. The van der Waals surface area contributed by atoms with Crippen molar-refractivity contribution in [3.8, 4) is 0 Å². The summed E-state index contributed by atoms with van der Waals surface area (Å²) in [4.78, 5) is 17.9. The first kappa shape index (κ1) is 13.8. The molecule has 3 rings (SSSR count). The van der Waals surface area contributed by atoms with Gasteiger partial charge in [-0.15, -0.1) is 0 Å². The third-order valence-electron chi connectivity index (χ3n) is 4.26. The lowest BCUT2D eigenvalue weighted by Gasteiger charge is -2.35. The fourth-order valence-electron chi connectivity index (χ4n) is 3.16. The Kier molecular flexibility index (Phi) is 3.49. The van der Waals surface area contributed by atoms with Gasteiger partial charge >= 0.3 is 5.69 Å². The van der Waals surface area contributed by atoms with Crippen molar-refractivity contribution in [2.24, 2.45) is 0 Å². The van der Waals surface area contributed by atoms with Gasteiger partial charge in [-0.25, -0.2) is 0 Å². The summed E-state index contributed by atoms with van der Waals surface area (Å²) in [5.41, 5.74) is 2.48. The molecule has 2 heterocycles. The largest absolute Gasteiger partial charge is 0.363 e. The minimum Gasteiger partial charge on any atom is -0.363 e. The molecule has 0 radical (unpaired) electrons. The Morgan fingerprint density at radius 3 is 2.81 bits per heavy atom. The van der Waals surface area contributed by atoms with E-state index in [-0.39, 0.29) is 10.6 Å². The number of fused-ring (bicyclic) bond motifs is 1. The standard InChI is InChI=1S/C16H19N3O2/c1-11-6-7-13-14(17-11)8-9-15(16(13)19(20)21)18-10-4-3-5-12(18)2/h6-9,12H,3-5,10H2,1-2H3. The van der Waals surface area contributed by atoms with Gasteiger partial charge in [0.15, 0.2) is 0 Å². The Morgan fingerprint density at radius 2 is 2.10 bits per heavy atom. The maximum Gasteiger partial charge on any atom is 0.301 e. The van der Waals surface area contributed by atoms with E-state index in [9.17, 15) is 10.1 Å². The van der Waals surface area contributed by atoms with E-state index in [1.807, 2.05) is 31.2 Å². The lowest BCUT2D eigenvalue weighted by molar-refractivity contribution is -0.382. The highest BCUT2D eigenvalue weighted by atomic mass is 16.6. The Labute approximate surface area is 123 Å². The highest BCUT2D eigenvalue weighted by molar-refractivity contribution is 5.94. The molecule has 1 unspecified atom stereocenters. The fraction of sp³-hybridized carbons (Fsp3) is 0.438. The number of piperidine rings is 1.